The Morgan fingerprint density at radius 3 is 2.80 bits per heavy atom. The molecule has 158 valence electrons. The van der Waals surface area contributed by atoms with Gasteiger partial charge in [0, 0.05) is 36.2 Å². The van der Waals surface area contributed by atoms with E-state index in [1.165, 1.54) is 19.4 Å². The second-order valence-electron chi connectivity index (χ2n) is 7.17. The molecule has 3 heterocycles. The number of carbonyl (C=O) groups excluding carboxylic acids is 2. The Morgan fingerprint density at radius 1 is 1.33 bits per heavy atom. The van der Waals surface area contributed by atoms with E-state index >= 15 is 0 Å². The molecule has 0 aliphatic carbocycles. The number of ether oxygens (including phenoxy) is 1. The van der Waals surface area contributed by atoms with E-state index < -0.39 is 23.0 Å². The Morgan fingerprint density at radius 2 is 2.10 bits per heavy atom. The largest absolute Gasteiger partial charge is 0.491 e. The number of nitrogens with zero attached hydrogens (tertiary/aromatic N) is 2. The number of benzene rings is 1. The van der Waals surface area contributed by atoms with Crippen LogP contribution in [0.15, 0.2) is 29.2 Å². The van der Waals surface area contributed by atoms with Gasteiger partial charge in [0.1, 0.15) is 17.2 Å². The normalized spacial score (nSPS) is 20.0. The van der Waals surface area contributed by atoms with E-state index in [0.717, 1.165) is 17.9 Å². The second-order valence-corrected chi connectivity index (χ2v) is 8.38. The van der Waals surface area contributed by atoms with E-state index in [1.807, 2.05) is 6.92 Å². The number of aromatic nitrogens is 1. The molecular formula is C20H19F2N3O4S. The van der Waals surface area contributed by atoms with Crippen LogP contribution >= 0.6 is 11.8 Å². The van der Waals surface area contributed by atoms with Crippen LogP contribution in [0.2, 0.25) is 0 Å². The molecule has 4 rings (SSSR count). The average molecular weight is 435 g/mol. The molecular weight excluding hydrogens is 416 g/mol. The van der Waals surface area contributed by atoms with Crippen molar-refractivity contribution in [1.29, 1.82) is 0 Å². The maximum absolute atomic E-state index is 13.8. The molecule has 1 fully saturated rings. The summed E-state index contributed by atoms with van der Waals surface area (Å²) in [6, 6.07) is 3.06. The van der Waals surface area contributed by atoms with Gasteiger partial charge in [-0.3, -0.25) is 14.4 Å². The Kier molecular flexibility index (Phi) is 5.27. The summed E-state index contributed by atoms with van der Waals surface area (Å²) < 4.78 is 33.6. The van der Waals surface area contributed by atoms with Crippen molar-refractivity contribution in [3.8, 4) is 5.75 Å². The van der Waals surface area contributed by atoms with E-state index in [4.69, 9.17) is 4.74 Å². The number of carbonyl (C=O) groups is 2. The molecule has 2 aliphatic rings. The van der Waals surface area contributed by atoms with Gasteiger partial charge in [0.25, 0.3) is 11.8 Å². The highest BCUT2D eigenvalue weighted by Crippen LogP contribution is 2.36. The molecule has 0 spiro atoms. The maximum Gasteiger partial charge on any atom is 0.275 e. The molecule has 30 heavy (non-hydrogen) atoms. The zero-order valence-electron chi connectivity index (χ0n) is 16.3. The van der Waals surface area contributed by atoms with Crippen LogP contribution in [0, 0.1) is 11.6 Å². The summed E-state index contributed by atoms with van der Waals surface area (Å²) in [5, 5.41) is 2.38. The summed E-state index contributed by atoms with van der Waals surface area (Å²) >= 11 is 1.64. The van der Waals surface area contributed by atoms with Gasteiger partial charge in [-0.1, -0.05) is 6.07 Å². The molecule has 2 aromatic rings. The number of rotatable bonds is 4. The lowest BCUT2D eigenvalue weighted by Crippen LogP contribution is -2.48. The van der Waals surface area contributed by atoms with Crippen LogP contribution in [0.1, 0.15) is 33.3 Å². The Balaban J connectivity index is 1.66. The first-order valence-electron chi connectivity index (χ1n) is 9.29. The van der Waals surface area contributed by atoms with Crippen LogP contribution in [0.5, 0.6) is 5.75 Å². The van der Waals surface area contributed by atoms with E-state index in [2.05, 4.69) is 5.32 Å². The number of nitrogens with one attached hydrogen (secondary N) is 1. The fourth-order valence-electron chi connectivity index (χ4n) is 3.75. The van der Waals surface area contributed by atoms with Gasteiger partial charge in [-0.05, 0) is 13.0 Å². The third-order valence-electron chi connectivity index (χ3n) is 5.25. The fraction of sp³-hybridized carbons (Fsp3) is 0.350. The first kappa shape index (κ1) is 20.4. The predicted octanol–water partition coefficient (Wildman–Crippen LogP) is 1.98. The van der Waals surface area contributed by atoms with Crippen molar-refractivity contribution in [2.75, 3.05) is 12.9 Å². The molecule has 0 saturated carbocycles. The lowest BCUT2D eigenvalue weighted by atomic mass is 10.1. The van der Waals surface area contributed by atoms with E-state index in [-0.39, 0.29) is 46.4 Å². The SMILES string of the molecule is COc1c2n(cc(C(=O)NCc3ccc(F)cc3F)c1=O)CC1SC[C@@H](C)N1C2=O. The van der Waals surface area contributed by atoms with Crippen molar-refractivity contribution in [3.05, 3.63) is 63.1 Å². The Labute approximate surface area is 175 Å². The lowest BCUT2D eigenvalue weighted by Gasteiger charge is -2.35. The number of hydrogen-bond donors (Lipinski definition) is 1. The zero-order chi connectivity index (χ0) is 21.6. The molecule has 0 bridgehead atoms. The zero-order valence-corrected chi connectivity index (χ0v) is 17.1. The quantitative estimate of drug-likeness (QED) is 0.795. The highest BCUT2D eigenvalue weighted by molar-refractivity contribution is 8.00. The summed E-state index contributed by atoms with van der Waals surface area (Å²) in [4.78, 5) is 40.2. The van der Waals surface area contributed by atoms with E-state index in [9.17, 15) is 23.2 Å². The number of amides is 2. The van der Waals surface area contributed by atoms with Crippen molar-refractivity contribution >= 4 is 23.6 Å². The molecule has 1 N–H and O–H groups in total. The topological polar surface area (TPSA) is 80.6 Å². The van der Waals surface area contributed by atoms with Gasteiger partial charge < -0.3 is 19.5 Å². The van der Waals surface area contributed by atoms with Crippen LogP contribution in [0.3, 0.4) is 0 Å². The molecule has 1 unspecified atom stereocenters. The molecule has 1 aromatic heterocycles. The summed E-state index contributed by atoms with van der Waals surface area (Å²) in [5.74, 6) is -1.97. The molecule has 1 aromatic carbocycles. The third kappa shape index (κ3) is 3.34. The molecule has 1 saturated heterocycles. The first-order chi connectivity index (χ1) is 14.3. The monoisotopic (exact) mass is 435 g/mol. The summed E-state index contributed by atoms with van der Waals surface area (Å²) in [6.45, 7) is 2.14. The number of halogens is 2. The van der Waals surface area contributed by atoms with Crippen molar-refractivity contribution in [3.63, 3.8) is 0 Å². The fourth-order valence-corrected chi connectivity index (χ4v) is 5.14. The molecule has 7 nitrogen and oxygen atoms in total. The van der Waals surface area contributed by atoms with Crippen molar-refractivity contribution in [1.82, 2.24) is 14.8 Å². The standard InChI is InChI=1S/C20H19F2N3O4S/c1-10-9-30-15-8-24-7-13(17(26)18(29-2)16(24)20(28)25(10)15)19(27)23-6-11-3-4-12(21)5-14(11)22/h3-5,7,10,15H,6,8-9H2,1-2H3,(H,23,27)/t10-,15?/m1/s1. The number of methoxy groups -OCH3 is 1. The van der Waals surface area contributed by atoms with Crippen molar-refractivity contribution in [2.45, 2.75) is 31.4 Å². The van der Waals surface area contributed by atoms with Crippen molar-refractivity contribution in [2.24, 2.45) is 0 Å². The minimum absolute atomic E-state index is 0.0367. The average Bonchev–Trinajstić information content (AvgIpc) is 3.08. The summed E-state index contributed by atoms with van der Waals surface area (Å²) in [6.07, 6.45) is 1.34. The number of fused-ring (bicyclic) bond motifs is 2. The maximum atomic E-state index is 13.8. The van der Waals surface area contributed by atoms with Gasteiger partial charge in [0.2, 0.25) is 5.43 Å². The summed E-state index contributed by atoms with van der Waals surface area (Å²) in [7, 11) is 1.27. The van der Waals surface area contributed by atoms with Gasteiger partial charge in [0.15, 0.2) is 11.4 Å². The molecule has 0 radical (unpaired) electrons. The van der Waals surface area contributed by atoms with Gasteiger partial charge in [0.05, 0.1) is 19.0 Å². The van der Waals surface area contributed by atoms with E-state index in [0.29, 0.717) is 6.54 Å². The number of pyridine rings is 1. The third-order valence-corrected chi connectivity index (χ3v) is 6.68. The minimum atomic E-state index is -0.798. The van der Waals surface area contributed by atoms with Crippen LogP contribution in [-0.4, -0.2) is 45.6 Å². The lowest BCUT2D eigenvalue weighted by molar-refractivity contribution is 0.0633. The smallest absolute Gasteiger partial charge is 0.275 e. The molecule has 2 atom stereocenters. The predicted molar refractivity (Wildman–Crippen MR) is 107 cm³/mol. The Bertz CT molecular complexity index is 1100. The van der Waals surface area contributed by atoms with E-state index in [1.54, 1.807) is 21.2 Å². The van der Waals surface area contributed by atoms with Gasteiger partial charge >= 0.3 is 0 Å². The summed E-state index contributed by atoms with van der Waals surface area (Å²) in [5.41, 5.74) is -0.728. The second kappa shape index (κ2) is 7.75. The van der Waals surface area contributed by atoms with Crippen LogP contribution in [-0.2, 0) is 13.1 Å². The molecule has 2 amide bonds. The van der Waals surface area contributed by atoms with Crippen LogP contribution < -0.4 is 15.5 Å². The Hall–Kier alpha value is -2.88. The minimum Gasteiger partial charge on any atom is -0.491 e. The molecule has 10 heteroatoms. The number of thioether (sulfide) groups is 1. The highest BCUT2D eigenvalue weighted by Gasteiger charge is 2.42. The first-order valence-corrected chi connectivity index (χ1v) is 10.3. The van der Waals surface area contributed by atoms with Gasteiger partial charge in [-0.15, -0.1) is 11.8 Å². The molecule has 2 aliphatic heterocycles. The van der Waals surface area contributed by atoms with Crippen LogP contribution in [0.25, 0.3) is 0 Å². The van der Waals surface area contributed by atoms with Gasteiger partial charge in [-0.25, -0.2) is 8.78 Å². The van der Waals surface area contributed by atoms with Gasteiger partial charge in [-0.2, -0.15) is 0 Å². The number of hydrogen-bond acceptors (Lipinski definition) is 5. The van der Waals surface area contributed by atoms with Crippen molar-refractivity contribution < 1.29 is 23.1 Å². The highest BCUT2D eigenvalue weighted by atomic mass is 32.2. The van der Waals surface area contributed by atoms with Crippen LogP contribution in [0.4, 0.5) is 8.78 Å².